The Bertz CT molecular complexity index is 539. The molecule has 0 aliphatic heterocycles. The van der Waals surface area contributed by atoms with Gasteiger partial charge in [0.05, 0.1) is 11.6 Å². The molecule has 1 aliphatic rings. The summed E-state index contributed by atoms with van der Waals surface area (Å²) in [4.78, 5) is 24.1. The average molecular weight is 291 g/mol. The second-order valence-electron chi connectivity index (χ2n) is 5.85. The number of carbonyl (C=O) groups is 1. The molecule has 5 nitrogen and oxygen atoms in total. The molecule has 116 valence electrons. The fraction of sp³-hybridized carbons (Fsp3) is 0.625. The lowest BCUT2D eigenvalue weighted by atomic mass is 9.94. The van der Waals surface area contributed by atoms with Crippen molar-refractivity contribution in [3.05, 3.63) is 28.7 Å². The summed E-state index contributed by atoms with van der Waals surface area (Å²) < 4.78 is 1.63. The zero-order chi connectivity index (χ0) is 15.2. The van der Waals surface area contributed by atoms with Crippen LogP contribution in [0.2, 0.25) is 0 Å². The third-order valence-electron chi connectivity index (χ3n) is 4.12. The molecule has 0 aromatic carbocycles. The third-order valence-corrected chi connectivity index (χ3v) is 4.12. The molecule has 1 heterocycles. The van der Waals surface area contributed by atoms with Crippen LogP contribution in [0, 0.1) is 5.92 Å². The van der Waals surface area contributed by atoms with Crippen molar-refractivity contribution in [3.8, 4) is 0 Å². The number of nitrogens with zero attached hydrogens (tertiary/aromatic N) is 1. The highest BCUT2D eigenvalue weighted by molar-refractivity contribution is 5.92. The van der Waals surface area contributed by atoms with Crippen molar-refractivity contribution in [2.45, 2.75) is 58.0 Å². The molecule has 5 heteroatoms. The van der Waals surface area contributed by atoms with Gasteiger partial charge in [-0.15, -0.1) is 0 Å². The van der Waals surface area contributed by atoms with Crippen LogP contribution in [0.15, 0.2) is 23.1 Å². The summed E-state index contributed by atoms with van der Waals surface area (Å²) in [5.74, 6) is -0.148. The Kier molecular flexibility index (Phi) is 5.56. The first-order valence-electron chi connectivity index (χ1n) is 7.88. The molecule has 1 aromatic heterocycles. The second kappa shape index (κ2) is 7.41. The summed E-state index contributed by atoms with van der Waals surface area (Å²) in [6, 6.07) is 3.10. The first kappa shape index (κ1) is 15.8. The van der Waals surface area contributed by atoms with Crippen molar-refractivity contribution in [2.24, 2.45) is 11.7 Å². The van der Waals surface area contributed by atoms with Gasteiger partial charge in [-0.2, -0.15) is 0 Å². The van der Waals surface area contributed by atoms with Crippen LogP contribution in [-0.4, -0.2) is 16.5 Å². The predicted molar refractivity (Wildman–Crippen MR) is 84.2 cm³/mol. The fourth-order valence-corrected chi connectivity index (χ4v) is 2.92. The summed E-state index contributed by atoms with van der Waals surface area (Å²) >= 11 is 0. The van der Waals surface area contributed by atoms with Crippen LogP contribution in [0.4, 0.5) is 5.69 Å². The van der Waals surface area contributed by atoms with E-state index in [1.165, 1.54) is 6.07 Å². The Morgan fingerprint density at radius 3 is 2.86 bits per heavy atom. The maximum atomic E-state index is 12.4. The number of hydrogen-bond donors (Lipinski definition) is 2. The molecular weight excluding hydrogens is 266 g/mol. The van der Waals surface area contributed by atoms with Gasteiger partial charge in [0, 0.05) is 24.8 Å². The van der Waals surface area contributed by atoms with Crippen LogP contribution < -0.4 is 16.6 Å². The van der Waals surface area contributed by atoms with E-state index in [9.17, 15) is 9.59 Å². The molecule has 1 aromatic rings. The van der Waals surface area contributed by atoms with Gasteiger partial charge < -0.3 is 15.6 Å². The van der Waals surface area contributed by atoms with Crippen LogP contribution in [0.25, 0.3) is 0 Å². The van der Waals surface area contributed by atoms with Gasteiger partial charge in [0.15, 0.2) is 0 Å². The number of carbonyl (C=O) groups excluding carboxylic acids is 1. The van der Waals surface area contributed by atoms with Crippen molar-refractivity contribution in [1.82, 2.24) is 4.57 Å². The van der Waals surface area contributed by atoms with Gasteiger partial charge in [0.2, 0.25) is 5.91 Å². The minimum absolute atomic E-state index is 0.0221. The fourth-order valence-electron chi connectivity index (χ4n) is 2.92. The lowest BCUT2D eigenvalue weighted by molar-refractivity contribution is -0.120. The minimum Gasteiger partial charge on any atom is -0.327 e. The van der Waals surface area contributed by atoms with Gasteiger partial charge in [0.25, 0.3) is 5.56 Å². The first-order valence-corrected chi connectivity index (χ1v) is 7.88. The van der Waals surface area contributed by atoms with Gasteiger partial charge in [-0.25, -0.2) is 0 Å². The molecule has 0 saturated heterocycles. The summed E-state index contributed by atoms with van der Waals surface area (Å²) in [5.41, 5.74) is 6.75. The number of nitrogens with two attached hydrogens (primary N) is 1. The van der Waals surface area contributed by atoms with Crippen LogP contribution in [0.3, 0.4) is 0 Å². The van der Waals surface area contributed by atoms with Crippen LogP contribution in [-0.2, 0) is 11.3 Å². The highest BCUT2D eigenvalue weighted by Gasteiger charge is 2.27. The second-order valence-corrected chi connectivity index (χ2v) is 5.85. The van der Waals surface area contributed by atoms with Crippen LogP contribution in [0.5, 0.6) is 0 Å². The van der Waals surface area contributed by atoms with Crippen molar-refractivity contribution >= 4 is 11.6 Å². The Hall–Kier alpha value is -1.62. The van der Waals surface area contributed by atoms with Gasteiger partial charge in [0.1, 0.15) is 0 Å². The molecule has 2 unspecified atom stereocenters. The highest BCUT2D eigenvalue weighted by atomic mass is 16.2. The minimum atomic E-state index is -0.126. The molecule has 0 bridgehead atoms. The molecule has 1 saturated carbocycles. The Morgan fingerprint density at radius 2 is 2.10 bits per heavy atom. The van der Waals surface area contributed by atoms with E-state index in [1.54, 1.807) is 16.8 Å². The molecular formula is C16H25N3O2. The Labute approximate surface area is 125 Å². The molecule has 1 amide bonds. The zero-order valence-corrected chi connectivity index (χ0v) is 12.7. The number of hydrogen-bond acceptors (Lipinski definition) is 3. The van der Waals surface area contributed by atoms with E-state index in [4.69, 9.17) is 5.73 Å². The van der Waals surface area contributed by atoms with Gasteiger partial charge >= 0.3 is 0 Å². The number of amides is 1. The number of rotatable bonds is 4. The molecule has 1 fully saturated rings. The molecule has 3 N–H and O–H groups in total. The average Bonchev–Trinajstić information content (AvgIpc) is 2.67. The lowest BCUT2D eigenvalue weighted by Gasteiger charge is -2.20. The summed E-state index contributed by atoms with van der Waals surface area (Å²) in [5, 5.41) is 2.92. The maximum absolute atomic E-state index is 12.4. The molecule has 2 rings (SSSR count). The number of aryl methyl sites for hydroxylation is 1. The summed E-state index contributed by atoms with van der Waals surface area (Å²) in [7, 11) is 0. The van der Waals surface area contributed by atoms with E-state index < -0.39 is 0 Å². The Morgan fingerprint density at radius 1 is 1.33 bits per heavy atom. The molecule has 1 aliphatic carbocycles. The van der Waals surface area contributed by atoms with Crippen molar-refractivity contribution < 1.29 is 4.79 Å². The van der Waals surface area contributed by atoms with E-state index in [2.05, 4.69) is 5.32 Å². The predicted octanol–water partition coefficient (Wildman–Crippen LogP) is 2.10. The monoisotopic (exact) mass is 291 g/mol. The molecule has 0 spiro atoms. The molecule has 2 atom stereocenters. The van der Waals surface area contributed by atoms with Gasteiger partial charge in [-0.3, -0.25) is 9.59 Å². The number of anilines is 1. The van der Waals surface area contributed by atoms with Crippen molar-refractivity contribution in [2.75, 3.05) is 5.32 Å². The topological polar surface area (TPSA) is 77.1 Å². The standard InChI is InChI=1S/C16H25N3O2/c1-2-10-19-11-12(8-9-15(19)20)18-16(21)13-6-4-3-5-7-14(13)17/h8-9,11,13-14H,2-7,10,17H2,1H3,(H,18,21). The van der Waals surface area contributed by atoms with Gasteiger partial charge in [-0.1, -0.05) is 26.2 Å². The number of aromatic nitrogens is 1. The third kappa shape index (κ3) is 4.17. The van der Waals surface area contributed by atoms with E-state index in [0.29, 0.717) is 12.2 Å². The SMILES string of the molecule is CCCn1cc(NC(=O)C2CCCCCC2N)ccc1=O. The number of pyridine rings is 1. The van der Waals surface area contributed by atoms with E-state index in [1.807, 2.05) is 6.92 Å². The van der Waals surface area contributed by atoms with Gasteiger partial charge in [-0.05, 0) is 25.3 Å². The lowest BCUT2D eigenvalue weighted by Crippen LogP contribution is -2.38. The largest absolute Gasteiger partial charge is 0.327 e. The van der Waals surface area contributed by atoms with E-state index in [0.717, 1.165) is 38.5 Å². The maximum Gasteiger partial charge on any atom is 0.250 e. The van der Waals surface area contributed by atoms with Crippen molar-refractivity contribution in [1.29, 1.82) is 0 Å². The molecule has 21 heavy (non-hydrogen) atoms. The van der Waals surface area contributed by atoms with Crippen molar-refractivity contribution in [3.63, 3.8) is 0 Å². The van der Waals surface area contributed by atoms with E-state index in [-0.39, 0.29) is 23.4 Å². The summed E-state index contributed by atoms with van der Waals surface area (Å²) in [6.07, 6.45) is 7.66. The normalized spacial score (nSPS) is 22.6. The molecule has 0 radical (unpaired) electrons. The van der Waals surface area contributed by atoms with E-state index >= 15 is 0 Å². The zero-order valence-electron chi connectivity index (χ0n) is 12.7. The van der Waals surface area contributed by atoms with Crippen LogP contribution in [0.1, 0.15) is 45.4 Å². The summed E-state index contributed by atoms with van der Waals surface area (Å²) in [6.45, 7) is 2.67. The van der Waals surface area contributed by atoms with Crippen LogP contribution >= 0.6 is 0 Å². The first-order chi connectivity index (χ1) is 10.1. The highest BCUT2D eigenvalue weighted by Crippen LogP contribution is 2.23. The Balaban J connectivity index is 2.08. The quantitative estimate of drug-likeness (QED) is 0.834. The number of nitrogens with one attached hydrogen (secondary N) is 1. The smallest absolute Gasteiger partial charge is 0.250 e.